The maximum absolute atomic E-state index is 13.1. The summed E-state index contributed by atoms with van der Waals surface area (Å²) >= 11 is 0. The molecular formula is C13H15F2N5. The van der Waals surface area contributed by atoms with E-state index in [0.717, 1.165) is 12.1 Å². The lowest BCUT2D eigenvalue weighted by Crippen LogP contribution is -2.16. The van der Waals surface area contributed by atoms with Crippen LogP contribution in [0.15, 0.2) is 30.1 Å². The van der Waals surface area contributed by atoms with Crippen LogP contribution in [0.25, 0.3) is 16.6 Å². The fourth-order valence-electron chi connectivity index (χ4n) is 1.79. The van der Waals surface area contributed by atoms with Gasteiger partial charge in [-0.3, -0.25) is 0 Å². The summed E-state index contributed by atoms with van der Waals surface area (Å²) in [7, 11) is 1.76. The zero-order valence-electron chi connectivity index (χ0n) is 10.9. The van der Waals surface area contributed by atoms with Gasteiger partial charge in [0, 0.05) is 36.1 Å². The monoisotopic (exact) mass is 279 g/mol. The van der Waals surface area contributed by atoms with E-state index in [2.05, 4.69) is 15.3 Å². The third-order valence-corrected chi connectivity index (χ3v) is 2.70. The number of nitrogens with zero attached hydrogens (tertiary/aromatic N) is 1. The highest BCUT2D eigenvalue weighted by molar-refractivity contribution is 5.81. The van der Waals surface area contributed by atoms with Gasteiger partial charge in [0.05, 0.1) is 11.0 Å². The fraction of sp³-hybridized carbons (Fsp3) is 0.154. The van der Waals surface area contributed by atoms with Crippen LogP contribution in [0.4, 0.5) is 8.78 Å². The highest BCUT2D eigenvalue weighted by Crippen LogP contribution is 2.20. The maximum Gasteiger partial charge on any atom is 0.161 e. The zero-order valence-corrected chi connectivity index (χ0v) is 10.9. The first kappa shape index (κ1) is 14.0. The Bertz CT molecular complexity index is 648. The third kappa shape index (κ3) is 2.77. The van der Waals surface area contributed by atoms with Crippen LogP contribution in [0.2, 0.25) is 0 Å². The summed E-state index contributed by atoms with van der Waals surface area (Å²) in [5.41, 5.74) is 13.1. The molecule has 0 aliphatic heterocycles. The van der Waals surface area contributed by atoms with Crippen LogP contribution in [0.5, 0.6) is 0 Å². The summed E-state index contributed by atoms with van der Waals surface area (Å²) in [6, 6.07) is 2.08. The first-order valence-corrected chi connectivity index (χ1v) is 5.93. The number of H-pyrrole nitrogens is 1. The van der Waals surface area contributed by atoms with Crippen molar-refractivity contribution in [2.45, 2.75) is 0 Å². The van der Waals surface area contributed by atoms with Crippen molar-refractivity contribution in [3.63, 3.8) is 0 Å². The van der Waals surface area contributed by atoms with Crippen LogP contribution in [-0.4, -0.2) is 23.6 Å². The predicted octanol–water partition coefficient (Wildman–Crippen LogP) is 1.20. The van der Waals surface area contributed by atoms with Crippen molar-refractivity contribution in [2.24, 2.45) is 11.5 Å². The largest absolute Gasteiger partial charge is 0.404 e. The molecule has 0 unspecified atom stereocenters. The standard InChI is InChI=1S/C13H15F2N5/c1-18-6-8(17)2-7(5-16)13-19-11-3-9(14)10(15)4-12(11)20-13/h2-5,18H,6,16-17H2,1H3,(H,19,20)/b7-5+,8-2-. The van der Waals surface area contributed by atoms with Gasteiger partial charge in [0.2, 0.25) is 0 Å². The van der Waals surface area contributed by atoms with E-state index >= 15 is 0 Å². The number of nitrogens with two attached hydrogens (primary N) is 2. The molecule has 5 nitrogen and oxygen atoms in total. The van der Waals surface area contributed by atoms with Gasteiger partial charge in [-0.15, -0.1) is 0 Å². The Labute approximate surface area is 114 Å². The zero-order chi connectivity index (χ0) is 14.7. The SMILES string of the molecule is CNC/C(N)=C/C(=C\N)c1nc2cc(F)c(F)cc2[nH]1. The van der Waals surface area contributed by atoms with Crippen LogP contribution >= 0.6 is 0 Å². The van der Waals surface area contributed by atoms with Gasteiger partial charge in [-0.2, -0.15) is 0 Å². The Morgan fingerprint density at radius 3 is 2.75 bits per heavy atom. The number of fused-ring (bicyclic) bond motifs is 1. The Hall–Kier alpha value is -2.41. The summed E-state index contributed by atoms with van der Waals surface area (Å²) in [5, 5.41) is 2.90. The number of likely N-dealkylation sites (N-methyl/N-ethyl adjacent to an activating group) is 1. The van der Waals surface area contributed by atoms with Crippen molar-refractivity contribution in [1.29, 1.82) is 0 Å². The molecule has 6 N–H and O–H groups in total. The lowest BCUT2D eigenvalue weighted by Gasteiger charge is -2.01. The van der Waals surface area contributed by atoms with Crippen LogP contribution < -0.4 is 16.8 Å². The minimum absolute atomic E-state index is 0.318. The van der Waals surface area contributed by atoms with Gasteiger partial charge in [0.25, 0.3) is 0 Å². The van der Waals surface area contributed by atoms with Crippen LogP contribution in [0, 0.1) is 11.6 Å². The molecule has 0 aliphatic carbocycles. The normalized spacial score (nSPS) is 13.2. The van der Waals surface area contributed by atoms with Gasteiger partial charge in [-0.25, -0.2) is 13.8 Å². The van der Waals surface area contributed by atoms with Gasteiger partial charge >= 0.3 is 0 Å². The number of hydrogen-bond acceptors (Lipinski definition) is 4. The van der Waals surface area contributed by atoms with Crippen molar-refractivity contribution >= 4 is 16.6 Å². The lowest BCUT2D eigenvalue weighted by molar-refractivity contribution is 0.510. The molecule has 0 radical (unpaired) electrons. The molecule has 1 aromatic carbocycles. The quantitative estimate of drug-likeness (QED) is 0.633. The summed E-state index contributed by atoms with van der Waals surface area (Å²) in [4.78, 5) is 7.04. The minimum Gasteiger partial charge on any atom is -0.404 e. The van der Waals surface area contributed by atoms with Gasteiger partial charge in [0.15, 0.2) is 11.6 Å². The van der Waals surface area contributed by atoms with E-state index in [1.807, 2.05) is 0 Å². The average Bonchev–Trinajstić information content (AvgIpc) is 2.79. The lowest BCUT2D eigenvalue weighted by atomic mass is 10.2. The number of imidazole rings is 1. The van der Waals surface area contributed by atoms with Gasteiger partial charge in [-0.1, -0.05) is 0 Å². The molecule has 0 fully saturated rings. The molecule has 20 heavy (non-hydrogen) atoms. The first-order valence-electron chi connectivity index (χ1n) is 5.93. The van der Waals surface area contributed by atoms with Crippen LogP contribution in [0.3, 0.4) is 0 Å². The van der Waals surface area contributed by atoms with Crippen molar-refractivity contribution in [3.8, 4) is 0 Å². The topological polar surface area (TPSA) is 92.8 Å². The van der Waals surface area contributed by atoms with Gasteiger partial charge in [0.1, 0.15) is 5.82 Å². The van der Waals surface area contributed by atoms with Crippen molar-refractivity contribution < 1.29 is 8.78 Å². The molecule has 0 amide bonds. The van der Waals surface area contributed by atoms with E-state index in [0.29, 0.717) is 34.7 Å². The maximum atomic E-state index is 13.1. The number of halogens is 2. The summed E-state index contributed by atoms with van der Waals surface area (Å²) < 4.78 is 26.3. The molecule has 0 atom stereocenters. The molecule has 0 bridgehead atoms. The van der Waals surface area contributed by atoms with E-state index in [-0.39, 0.29) is 0 Å². The Morgan fingerprint density at radius 1 is 1.40 bits per heavy atom. The van der Waals surface area contributed by atoms with Crippen molar-refractivity contribution in [2.75, 3.05) is 13.6 Å². The Morgan fingerprint density at radius 2 is 2.10 bits per heavy atom. The molecule has 0 saturated carbocycles. The summed E-state index contributed by atoms with van der Waals surface area (Å²) in [6.45, 7) is 0.487. The Kier molecular flexibility index (Phi) is 3.99. The van der Waals surface area contributed by atoms with Crippen molar-refractivity contribution in [3.05, 3.63) is 47.6 Å². The van der Waals surface area contributed by atoms with Crippen LogP contribution in [0.1, 0.15) is 5.82 Å². The molecule has 0 aliphatic rings. The number of benzene rings is 1. The number of aromatic amines is 1. The van der Waals surface area contributed by atoms with Gasteiger partial charge in [-0.05, 0) is 13.1 Å². The molecule has 7 heteroatoms. The number of aromatic nitrogens is 2. The summed E-state index contributed by atoms with van der Waals surface area (Å²) in [5.74, 6) is -1.48. The van der Waals surface area contributed by atoms with Crippen molar-refractivity contribution in [1.82, 2.24) is 15.3 Å². The second kappa shape index (κ2) is 5.70. The molecule has 1 aromatic heterocycles. The summed E-state index contributed by atoms with van der Waals surface area (Å²) in [6.07, 6.45) is 2.97. The third-order valence-electron chi connectivity index (χ3n) is 2.70. The molecule has 0 saturated heterocycles. The number of hydrogen-bond donors (Lipinski definition) is 4. The number of rotatable bonds is 4. The molecular weight excluding hydrogens is 264 g/mol. The fourth-order valence-corrected chi connectivity index (χ4v) is 1.79. The highest BCUT2D eigenvalue weighted by Gasteiger charge is 2.10. The number of allylic oxidation sites excluding steroid dienone is 2. The second-order valence-electron chi connectivity index (χ2n) is 4.24. The van der Waals surface area contributed by atoms with Gasteiger partial charge < -0.3 is 21.8 Å². The smallest absolute Gasteiger partial charge is 0.161 e. The second-order valence-corrected chi connectivity index (χ2v) is 4.24. The molecule has 106 valence electrons. The molecule has 0 spiro atoms. The minimum atomic E-state index is -0.945. The van der Waals surface area contributed by atoms with E-state index in [1.165, 1.54) is 6.20 Å². The number of nitrogens with one attached hydrogen (secondary N) is 2. The highest BCUT2D eigenvalue weighted by atomic mass is 19.2. The average molecular weight is 279 g/mol. The van der Waals surface area contributed by atoms with E-state index in [9.17, 15) is 8.78 Å². The van der Waals surface area contributed by atoms with E-state index < -0.39 is 11.6 Å². The predicted molar refractivity (Wildman–Crippen MR) is 74.4 cm³/mol. The first-order chi connectivity index (χ1) is 9.55. The Balaban J connectivity index is 2.43. The van der Waals surface area contributed by atoms with Crippen LogP contribution in [-0.2, 0) is 0 Å². The van der Waals surface area contributed by atoms with E-state index in [1.54, 1.807) is 13.1 Å². The van der Waals surface area contributed by atoms with E-state index in [4.69, 9.17) is 11.5 Å². The molecule has 2 rings (SSSR count). The molecule has 2 aromatic rings. The molecule has 1 heterocycles.